The molecule has 17 heavy (non-hydrogen) atoms. The maximum atomic E-state index is 5.53. The summed E-state index contributed by atoms with van der Waals surface area (Å²) in [6, 6.07) is 2.46. The number of rotatable bonds is 5. The molecule has 2 heterocycles. The molecule has 4 nitrogen and oxygen atoms in total. The van der Waals surface area contributed by atoms with Gasteiger partial charge in [-0.3, -0.25) is 4.98 Å². The zero-order chi connectivity index (χ0) is 12.3. The van der Waals surface area contributed by atoms with E-state index < -0.39 is 0 Å². The highest BCUT2D eigenvalue weighted by molar-refractivity contribution is 5.74. The molecular weight excluding hydrogens is 212 g/mol. The molecule has 0 unspecified atom stereocenters. The molecule has 0 aliphatic heterocycles. The van der Waals surface area contributed by atoms with Crippen LogP contribution in [0, 0.1) is 0 Å². The van der Waals surface area contributed by atoms with Gasteiger partial charge in [0.05, 0.1) is 11.7 Å². The van der Waals surface area contributed by atoms with Crippen molar-refractivity contribution in [3.63, 3.8) is 0 Å². The van der Waals surface area contributed by atoms with Crippen molar-refractivity contribution >= 4 is 11.0 Å². The monoisotopic (exact) mass is 232 g/mol. The van der Waals surface area contributed by atoms with Crippen LogP contribution in [-0.2, 0) is 6.42 Å². The first-order valence-electron chi connectivity index (χ1n) is 6.25. The van der Waals surface area contributed by atoms with E-state index in [0.29, 0.717) is 6.04 Å². The van der Waals surface area contributed by atoms with Crippen molar-refractivity contribution in [1.29, 1.82) is 0 Å². The zero-order valence-electron chi connectivity index (χ0n) is 10.6. The van der Waals surface area contributed by atoms with E-state index in [1.165, 1.54) is 5.52 Å². The Hall–Kier alpha value is -1.42. The van der Waals surface area contributed by atoms with E-state index >= 15 is 0 Å². The van der Waals surface area contributed by atoms with Crippen molar-refractivity contribution in [2.75, 3.05) is 6.54 Å². The Bertz CT molecular complexity index is 487. The lowest BCUT2D eigenvalue weighted by molar-refractivity contribution is 0.571. The molecule has 0 saturated carbocycles. The number of hydrogen-bond donors (Lipinski definition) is 1. The van der Waals surface area contributed by atoms with Crippen molar-refractivity contribution < 1.29 is 0 Å². The minimum absolute atomic E-state index is 0.426. The summed E-state index contributed by atoms with van der Waals surface area (Å²) in [6.07, 6.45) is 6.80. The highest BCUT2D eigenvalue weighted by Gasteiger charge is 2.12. The SMILES string of the molecule is CC(C)n1c(CCCCN)nc2cnccc21. The smallest absolute Gasteiger partial charge is 0.110 e. The number of pyridine rings is 1. The fourth-order valence-corrected chi connectivity index (χ4v) is 2.18. The topological polar surface area (TPSA) is 56.7 Å². The van der Waals surface area contributed by atoms with Crippen LogP contribution in [0.25, 0.3) is 11.0 Å². The number of unbranched alkanes of at least 4 members (excludes halogenated alkanes) is 1. The molecule has 2 aromatic rings. The summed E-state index contributed by atoms with van der Waals surface area (Å²) in [5.41, 5.74) is 7.70. The molecule has 0 aliphatic rings. The van der Waals surface area contributed by atoms with Crippen molar-refractivity contribution in [1.82, 2.24) is 14.5 Å². The second kappa shape index (κ2) is 5.27. The fourth-order valence-electron chi connectivity index (χ4n) is 2.18. The molecule has 0 fully saturated rings. The molecule has 0 spiro atoms. The number of aromatic nitrogens is 3. The maximum Gasteiger partial charge on any atom is 0.110 e. The average Bonchev–Trinajstić information content (AvgIpc) is 2.67. The molecule has 0 saturated heterocycles. The molecule has 2 aromatic heterocycles. The number of fused-ring (bicyclic) bond motifs is 1. The van der Waals surface area contributed by atoms with Gasteiger partial charge in [-0.2, -0.15) is 0 Å². The lowest BCUT2D eigenvalue weighted by Gasteiger charge is -2.12. The van der Waals surface area contributed by atoms with Gasteiger partial charge < -0.3 is 10.3 Å². The van der Waals surface area contributed by atoms with E-state index in [4.69, 9.17) is 5.73 Å². The van der Waals surface area contributed by atoms with Crippen LogP contribution in [0.3, 0.4) is 0 Å². The predicted octanol–water partition coefficient (Wildman–Crippen LogP) is 2.29. The van der Waals surface area contributed by atoms with Gasteiger partial charge >= 0.3 is 0 Å². The maximum absolute atomic E-state index is 5.53. The molecule has 0 radical (unpaired) electrons. The van der Waals surface area contributed by atoms with Crippen LogP contribution < -0.4 is 5.73 Å². The first-order valence-corrected chi connectivity index (χ1v) is 6.25. The van der Waals surface area contributed by atoms with Crippen LogP contribution >= 0.6 is 0 Å². The van der Waals surface area contributed by atoms with Gasteiger partial charge in [-0.25, -0.2) is 4.98 Å². The highest BCUT2D eigenvalue weighted by Crippen LogP contribution is 2.21. The van der Waals surface area contributed by atoms with Crippen LogP contribution in [-0.4, -0.2) is 21.1 Å². The molecule has 4 heteroatoms. The third kappa shape index (κ3) is 2.47. The van der Waals surface area contributed by atoms with Crippen LogP contribution in [0.5, 0.6) is 0 Å². The van der Waals surface area contributed by atoms with Gasteiger partial charge in [0.2, 0.25) is 0 Å². The van der Waals surface area contributed by atoms with Crippen LogP contribution in [0.1, 0.15) is 38.6 Å². The number of aryl methyl sites for hydroxylation is 1. The molecule has 0 aliphatic carbocycles. The summed E-state index contributed by atoms with van der Waals surface area (Å²) in [7, 11) is 0. The summed E-state index contributed by atoms with van der Waals surface area (Å²) in [5.74, 6) is 1.15. The largest absolute Gasteiger partial charge is 0.330 e. The Labute approximate surface area is 102 Å². The molecule has 0 atom stereocenters. The molecule has 0 aromatic carbocycles. The van der Waals surface area contributed by atoms with E-state index in [0.717, 1.165) is 37.1 Å². The Morgan fingerprint density at radius 1 is 1.35 bits per heavy atom. The van der Waals surface area contributed by atoms with E-state index in [1.54, 1.807) is 0 Å². The number of nitrogens with two attached hydrogens (primary N) is 1. The Kier molecular flexibility index (Phi) is 3.74. The summed E-state index contributed by atoms with van der Waals surface area (Å²) in [5, 5.41) is 0. The van der Waals surface area contributed by atoms with Gasteiger partial charge in [0.25, 0.3) is 0 Å². The normalized spacial score (nSPS) is 11.5. The standard InChI is InChI=1S/C13H20N4/c1-10(2)17-12-6-8-15-9-11(12)16-13(17)5-3-4-7-14/h6,8-10H,3-5,7,14H2,1-2H3. The lowest BCUT2D eigenvalue weighted by Crippen LogP contribution is -2.07. The second-order valence-corrected chi connectivity index (χ2v) is 4.60. The van der Waals surface area contributed by atoms with Gasteiger partial charge in [0.15, 0.2) is 0 Å². The fraction of sp³-hybridized carbons (Fsp3) is 0.538. The Morgan fingerprint density at radius 3 is 2.88 bits per heavy atom. The first kappa shape index (κ1) is 12.0. The summed E-state index contributed by atoms with van der Waals surface area (Å²) in [6.45, 7) is 5.13. The minimum atomic E-state index is 0.426. The van der Waals surface area contributed by atoms with Crippen LogP contribution in [0.15, 0.2) is 18.5 Å². The average molecular weight is 232 g/mol. The van der Waals surface area contributed by atoms with E-state index in [-0.39, 0.29) is 0 Å². The Morgan fingerprint density at radius 2 is 2.18 bits per heavy atom. The number of nitrogens with zero attached hydrogens (tertiary/aromatic N) is 3. The third-order valence-electron chi connectivity index (χ3n) is 2.94. The van der Waals surface area contributed by atoms with Crippen molar-refractivity contribution in [3.05, 3.63) is 24.3 Å². The summed E-state index contributed by atoms with van der Waals surface area (Å²) < 4.78 is 2.30. The van der Waals surface area contributed by atoms with Gasteiger partial charge in [-0.05, 0) is 39.3 Å². The summed E-state index contributed by atoms with van der Waals surface area (Å²) in [4.78, 5) is 8.79. The predicted molar refractivity (Wildman–Crippen MR) is 69.9 cm³/mol. The first-order chi connectivity index (χ1) is 8.24. The number of hydrogen-bond acceptors (Lipinski definition) is 3. The molecule has 0 amide bonds. The Balaban J connectivity index is 2.36. The highest BCUT2D eigenvalue weighted by atomic mass is 15.1. The van der Waals surface area contributed by atoms with Gasteiger partial charge in [0, 0.05) is 18.7 Å². The molecular formula is C13H20N4. The molecule has 0 bridgehead atoms. The third-order valence-corrected chi connectivity index (χ3v) is 2.94. The van der Waals surface area contributed by atoms with Crippen molar-refractivity contribution in [2.24, 2.45) is 5.73 Å². The van der Waals surface area contributed by atoms with Crippen molar-refractivity contribution in [2.45, 2.75) is 39.2 Å². The second-order valence-electron chi connectivity index (χ2n) is 4.60. The summed E-state index contributed by atoms with van der Waals surface area (Å²) >= 11 is 0. The van der Waals surface area contributed by atoms with Gasteiger partial charge in [0.1, 0.15) is 11.3 Å². The molecule has 2 rings (SSSR count). The van der Waals surface area contributed by atoms with E-state index in [1.807, 2.05) is 18.5 Å². The van der Waals surface area contributed by atoms with Crippen LogP contribution in [0.4, 0.5) is 0 Å². The molecule has 2 N–H and O–H groups in total. The van der Waals surface area contributed by atoms with Gasteiger partial charge in [-0.15, -0.1) is 0 Å². The molecule has 92 valence electrons. The zero-order valence-corrected chi connectivity index (χ0v) is 10.6. The van der Waals surface area contributed by atoms with E-state index in [2.05, 4.69) is 28.4 Å². The van der Waals surface area contributed by atoms with E-state index in [9.17, 15) is 0 Å². The van der Waals surface area contributed by atoms with Crippen LogP contribution in [0.2, 0.25) is 0 Å². The lowest BCUT2D eigenvalue weighted by atomic mass is 10.2. The van der Waals surface area contributed by atoms with Gasteiger partial charge in [-0.1, -0.05) is 0 Å². The van der Waals surface area contributed by atoms with Crippen molar-refractivity contribution in [3.8, 4) is 0 Å². The quantitative estimate of drug-likeness (QED) is 0.805. The minimum Gasteiger partial charge on any atom is -0.330 e. The number of imidazole rings is 1.